The van der Waals surface area contributed by atoms with Crippen LogP contribution < -0.4 is 0 Å². The van der Waals surface area contributed by atoms with Gasteiger partial charge in [-0.25, -0.2) is 4.98 Å². The third kappa shape index (κ3) is 5.87. The van der Waals surface area contributed by atoms with Gasteiger partial charge in [-0.1, -0.05) is 79.7 Å². The molecule has 0 aliphatic heterocycles. The predicted octanol–water partition coefficient (Wildman–Crippen LogP) is 7.91. The van der Waals surface area contributed by atoms with E-state index in [1.54, 1.807) is 0 Å². The van der Waals surface area contributed by atoms with Crippen LogP contribution in [0.1, 0.15) is 103 Å². The molecule has 0 amide bonds. The summed E-state index contributed by atoms with van der Waals surface area (Å²) in [5.74, 6) is 1.22. The standard InChI is InChI=1S/C27H39N3/c1-17(2)21-12-10-13-22(18(3)4)26(21)29-20(6)24-14-11-15-25(30-24)23(28)16-19(5)27(7,8)9/h10-15,17-19,28H,16H2,1-9H3. The third-order valence-electron chi connectivity index (χ3n) is 6.04. The van der Waals surface area contributed by atoms with Gasteiger partial charge in [0.05, 0.1) is 28.5 Å². The van der Waals surface area contributed by atoms with Crippen LogP contribution in [0.5, 0.6) is 0 Å². The zero-order chi connectivity index (χ0) is 22.6. The van der Waals surface area contributed by atoms with Crippen LogP contribution in [0.2, 0.25) is 0 Å². The van der Waals surface area contributed by atoms with Gasteiger partial charge in [-0.3, -0.25) is 4.99 Å². The molecule has 1 aromatic carbocycles. The van der Waals surface area contributed by atoms with Crippen molar-refractivity contribution in [1.82, 2.24) is 4.98 Å². The minimum absolute atomic E-state index is 0.176. The topological polar surface area (TPSA) is 49.1 Å². The van der Waals surface area contributed by atoms with Crippen LogP contribution in [-0.4, -0.2) is 16.4 Å². The molecule has 0 radical (unpaired) electrons. The maximum atomic E-state index is 8.58. The summed E-state index contributed by atoms with van der Waals surface area (Å²) in [5.41, 5.74) is 6.86. The molecule has 2 aromatic rings. The van der Waals surface area contributed by atoms with Crippen molar-refractivity contribution in [2.24, 2.45) is 16.3 Å². The third-order valence-corrected chi connectivity index (χ3v) is 6.04. The van der Waals surface area contributed by atoms with Crippen molar-refractivity contribution in [1.29, 1.82) is 5.41 Å². The first-order valence-corrected chi connectivity index (χ1v) is 11.1. The predicted molar refractivity (Wildman–Crippen MR) is 131 cm³/mol. The first-order chi connectivity index (χ1) is 13.9. The van der Waals surface area contributed by atoms with Crippen molar-refractivity contribution in [3.63, 3.8) is 0 Å². The molecule has 0 bridgehead atoms. The zero-order valence-corrected chi connectivity index (χ0v) is 20.3. The lowest BCUT2D eigenvalue weighted by molar-refractivity contribution is 0.269. The van der Waals surface area contributed by atoms with Crippen molar-refractivity contribution in [2.45, 2.75) is 80.6 Å². The molecule has 3 nitrogen and oxygen atoms in total. The highest BCUT2D eigenvalue weighted by atomic mass is 14.8. The summed E-state index contributed by atoms with van der Waals surface area (Å²) in [5, 5.41) is 8.58. The Kier molecular flexibility index (Phi) is 7.74. The van der Waals surface area contributed by atoms with Crippen LogP contribution in [-0.2, 0) is 0 Å². The minimum atomic E-state index is 0.176. The highest BCUT2D eigenvalue weighted by molar-refractivity contribution is 6.01. The van der Waals surface area contributed by atoms with Crippen molar-refractivity contribution in [3.8, 4) is 0 Å². The molecule has 1 atom stereocenters. The molecule has 1 aromatic heterocycles. The van der Waals surface area contributed by atoms with E-state index in [0.717, 1.165) is 29.2 Å². The van der Waals surface area contributed by atoms with E-state index in [0.29, 0.717) is 23.5 Å². The Morgan fingerprint density at radius 3 is 1.90 bits per heavy atom. The number of aliphatic imine (C=N–C) groups is 1. The number of nitrogens with zero attached hydrogens (tertiary/aromatic N) is 2. The quantitative estimate of drug-likeness (QED) is 0.467. The number of benzene rings is 1. The van der Waals surface area contributed by atoms with Crippen LogP contribution in [0.25, 0.3) is 0 Å². The molecule has 162 valence electrons. The molecular formula is C27H39N3. The number of hydrogen-bond acceptors (Lipinski definition) is 3. The van der Waals surface area contributed by atoms with Gasteiger partial charge in [-0.15, -0.1) is 0 Å². The second kappa shape index (κ2) is 9.68. The summed E-state index contributed by atoms with van der Waals surface area (Å²) in [6.07, 6.45) is 0.726. The van der Waals surface area contributed by atoms with E-state index in [1.807, 2.05) is 25.1 Å². The fraction of sp³-hybridized carbons (Fsp3) is 0.519. The minimum Gasteiger partial charge on any atom is -0.303 e. The number of hydrogen-bond donors (Lipinski definition) is 1. The fourth-order valence-electron chi connectivity index (χ4n) is 3.39. The molecule has 30 heavy (non-hydrogen) atoms. The number of para-hydroxylation sites is 1. The van der Waals surface area contributed by atoms with Gasteiger partial charge in [0.15, 0.2) is 0 Å². The van der Waals surface area contributed by atoms with Gasteiger partial charge in [0.25, 0.3) is 0 Å². The maximum Gasteiger partial charge on any atom is 0.0849 e. The van der Waals surface area contributed by atoms with E-state index in [4.69, 9.17) is 15.4 Å². The molecule has 3 heteroatoms. The number of nitrogens with one attached hydrogen (secondary N) is 1. The van der Waals surface area contributed by atoms with Crippen molar-refractivity contribution in [3.05, 3.63) is 58.9 Å². The van der Waals surface area contributed by atoms with Gasteiger partial charge in [-0.05, 0) is 59.8 Å². The molecule has 2 rings (SSSR count). The Morgan fingerprint density at radius 2 is 1.40 bits per heavy atom. The lowest BCUT2D eigenvalue weighted by atomic mass is 9.79. The van der Waals surface area contributed by atoms with E-state index in [2.05, 4.69) is 73.6 Å². The van der Waals surface area contributed by atoms with E-state index in [1.165, 1.54) is 11.1 Å². The Hall–Kier alpha value is -2.29. The number of rotatable bonds is 7. The second-order valence-electron chi connectivity index (χ2n) is 10.1. The summed E-state index contributed by atoms with van der Waals surface area (Å²) < 4.78 is 0. The summed E-state index contributed by atoms with van der Waals surface area (Å²) in [7, 11) is 0. The average molecular weight is 406 g/mol. The molecule has 1 heterocycles. The van der Waals surface area contributed by atoms with E-state index < -0.39 is 0 Å². The Bertz CT molecular complexity index is 888. The molecule has 0 aliphatic rings. The first-order valence-electron chi connectivity index (χ1n) is 11.1. The molecule has 0 fully saturated rings. The van der Waals surface area contributed by atoms with Crippen LogP contribution in [0, 0.1) is 16.7 Å². The molecule has 0 aliphatic carbocycles. The maximum absolute atomic E-state index is 8.58. The van der Waals surface area contributed by atoms with Gasteiger partial charge in [0.2, 0.25) is 0 Å². The van der Waals surface area contributed by atoms with Crippen molar-refractivity contribution in [2.75, 3.05) is 0 Å². The van der Waals surface area contributed by atoms with Gasteiger partial charge in [-0.2, -0.15) is 0 Å². The Labute approximate surface area is 183 Å². The largest absolute Gasteiger partial charge is 0.303 e. The fourth-order valence-corrected chi connectivity index (χ4v) is 3.39. The number of pyridine rings is 1. The summed E-state index contributed by atoms with van der Waals surface area (Å²) in [4.78, 5) is 9.85. The zero-order valence-electron chi connectivity index (χ0n) is 20.3. The van der Waals surface area contributed by atoms with E-state index in [-0.39, 0.29) is 5.41 Å². The van der Waals surface area contributed by atoms with Crippen molar-refractivity contribution >= 4 is 17.1 Å². The Balaban J connectivity index is 2.42. The highest BCUT2D eigenvalue weighted by Crippen LogP contribution is 2.35. The van der Waals surface area contributed by atoms with Crippen LogP contribution >= 0.6 is 0 Å². The second-order valence-corrected chi connectivity index (χ2v) is 10.1. The Morgan fingerprint density at radius 1 is 0.900 bits per heavy atom. The highest BCUT2D eigenvalue weighted by Gasteiger charge is 2.22. The molecule has 1 unspecified atom stereocenters. The van der Waals surface area contributed by atoms with E-state index in [9.17, 15) is 0 Å². The van der Waals surface area contributed by atoms with Gasteiger partial charge in [0, 0.05) is 0 Å². The van der Waals surface area contributed by atoms with Crippen LogP contribution in [0.4, 0.5) is 5.69 Å². The molecule has 0 saturated carbocycles. The van der Waals surface area contributed by atoms with Gasteiger partial charge in [0.1, 0.15) is 0 Å². The summed E-state index contributed by atoms with van der Waals surface area (Å²) >= 11 is 0. The smallest absolute Gasteiger partial charge is 0.0849 e. The molecule has 0 spiro atoms. The summed E-state index contributed by atoms with van der Waals surface area (Å²) in [6, 6.07) is 12.4. The van der Waals surface area contributed by atoms with Gasteiger partial charge < -0.3 is 5.41 Å². The lowest BCUT2D eigenvalue weighted by Crippen LogP contribution is -2.21. The van der Waals surface area contributed by atoms with Crippen LogP contribution in [0.3, 0.4) is 0 Å². The molecule has 1 N–H and O–H groups in total. The SMILES string of the molecule is CC(=Nc1c(C(C)C)cccc1C(C)C)c1cccc(C(=N)CC(C)C(C)(C)C)n1. The van der Waals surface area contributed by atoms with Crippen LogP contribution in [0.15, 0.2) is 41.4 Å². The normalized spacial score (nSPS) is 13.8. The molecular weight excluding hydrogens is 366 g/mol. The van der Waals surface area contributed by atoms with E-state index >= 15 is 0 Å². The average Bonchev–Trinajstić information content (AvgIpc) is 2.66. The first kappa shape index (κ1) is 24.0. The lowest BCUT2D eigenvalue weighted by Gasteiger charge is -2.27. The van der Waals surface area contributed by atoms with Gasteiger partial charge >= 0.3 is 0 Å². The van der Waals surface area contributed by atoms with Crippen molar-refractivity contribution < 1.29 is 0 Å². The summed E-state index contributed by atoms with van der Waals surface area (Å²) in [6.45, 7) is 19.8. The molecule has 0 saturated heterocycles. The monoisotopic (exact) mass is 405 g/mol. The number of aromatic nitrogens is 1.